The summed E-state index contributed by atoms with van der Waals surface area (Å²) >= 11 is 0. The van der Waals surface area contributed by atoms with Crippen molar-refractivity contribution in [3.8, 4) is 0 Å². The van der Waals surface area contributed by atoms with Crippen LogP contribution in [0.1, 0.15) is 71.0 Å². The molecule has 2 N–H and O–H groups in total. The summed E-state index contributed by atoms with van der Waals surface area (Å²) in [6, 6.07) is 9.51. The first kappa shape index (κ1) is 18.8. The van der Waals surface area contributed by atoms with Crippen LogP contribution in [-0.2, 0) is 18.9 Å². The number of imidazole rings is 1. The van der Waals surface area contributed by atoms with E-state index in [1.165, 1.54) is 10.9 Å². The fourth-order valence-corrected chi connectivity index (χ4v) is 5.37. The van der Waals surface area contributed by atoms with Gasteiger partial charge in [-0.05, 0) is 67.9 Å². The molecule has 0 spiro atoms. The number of carbonyl (C=O) groups excluding carboxylic acids is 1. The zero-order valence-electron chi connectivity index (χ0n) is 23.0. The molecule has 2 fully saturated rings. The van der Waals surface area contributed by atoms with Gasteiger partial charge in [-0.2, -0.15) is 0 Å². The molecule has 0 radical (unpaired) electrons. The number of benzene rings is 1. The lowest BCUT2D eigenvalue weighted by Crippen LogP contribution is -2.43. The molecule has 180 valence electrons. The molecule has 2 aliphatic rings. The van der Waals surface area contributed by atoms with Gasteiger partial charge in [-0.15, -0.1) is 10.2 Å². The Balaban J connectivity index is 1.30. The van der Waals surface area contributed by atoms with Crippen LogP contribution in [0.5, 0.6) is 0 Å². The van der Waals surface area contributed by atoms with Crippen LogP contribution in [0.4, 0.5) is 5.69 Å². The highest BCUT2D eigenvalue weighted by atomic mass is 16.1. The number of aryl methyl sites for hydroxylation is 1. The lowest BCUT2D eigenvalue weighted by molar-refractivity contribution is 0.102. The Morgan fingerprint density at radius 3 is 2.91 bits per heavy atom. The molecule has 0 unspecified atom stereocenters. The molecule has 8 nitrogen and oxygen atoms in total. The molecule has 8 heteroatoms. The quantitative estimate of drug-likeness (QED) is 0.423. The average Bonchev–Trinajstić information content (AvgIpc) is 3.24. The van der Waals surface area contributed by atoms with Crippen LogP contribution < -0.4 is 10.6 Å². The number of hydrogen-bond donors (Lipinski definition) is 2. The number of nitrogens with zero attached hydrogens (tertiary/aromatic N) is 5. The van der Waals surface area contributed by atoms with Gasteiger partial charge < -0.3 is 19.6 Å². The van der Waals surface area contributed by atoms with Crippen LogP contribution in [0, 0.1) is 5.92 Å². The second-order valence-corrected chi connectivity index (χ2v) is 10.5. The predicted octanol–water partition coefficient (Wildman–Crippen LogP) is 4.07. The summed E-state index contributed by atoms with van der Waals surface area (Å²) in [7, 11) is 0. The van der Waals surface area contributed by atoms with Crippen molar-refractivity contribution in [3.05, 3.63) is 77.8 Å². The fourth-order valence-electron chi connectivity index (χ4n) is 5.37. The van der Waals surface area contributed by atoms with Crippen molar-refractivity contribution in [2.45, 2.75) is 57.0 Å². The minimum Gasteiger partial charge on any atom is -0.322 e. The van der Waals surface area contributed by atoms with E-state index in [9.17, 15) is 4.79 Å². The number of pyridine rings is 1. The van der Waals surface area contributed by atoms with Gasteiger partial charge in [-0.25, -0.2) is 4.98 Å². The number of aromatic nitrogens is 5. The van der Waals surface area contributed by atoms with Gasteiger partial charge in [-0.3, -0.25) is 4.79 Å². The zero-order chi connectivity index (χ0) is 26.7. The van der Waals surface area contributed by atoms with Crippen LogP contribution in [-0.4, -0.2) is 35.6 Å². The summed E-state index contributed by atoms with van der Waals surface area (Å²) < 4.78 is 26.9. The van der Waals surface area contributed by atoms with E-state index in [1.807, 2.05) is 47.1 Å². The first-order chi connectivity index (χ1) is 18.1. The number of anilines is 1. The van der Waals surface area contributed by atoms with Gasteiger partial charge in [0, 0.05) is 47.4 Å². The molecule has 0 atom stereocenters. The first-order valence-electron chi connectivity index (χ1n) is 13.6. The lowest BCUT2D eigenvalue weighted by Gasteiger charge is -2.46. The Kier molecular flexibility index (Phi) is 4.30. The minimum absolute atomic E-state index is 0.186. The van der Waals surface area contributed by atoms with Gasteiger partial charge in [0.1, 0.15) is 17.8 Å². The van der Waals surface area contributed by atoms with Crippen LogP contribution in [0.15, 0.2) is 55.2 Å². The van der Waals surface area contributed by atoms with Gasteiger partial charge in [-0.1, -0.05) is 19.1 Å². The summed E-state index contributed by atoms with van der Waals surface area (Å²) in [5, 5.41) is 14.8. The summed E-state index contributed by atoms with van der Waals surface area (Å²) in [6.45, 7) is 2.65. The lowest BCUT2D eigenvalue weighted by atomic mass is 9.58. The third-order valence-corrected chi connectivity index (χ3v) is 7.55. The van der Waals surface area contributed by atoms with E-state index in [2.05, 4.69) is 39.7 Å². The molecule has 6 rings (SSSR count). The van der Waals surface area contributed by atoms with E-state index in [1.54, 1.807) is 6.20 Å². The summed E-state index contributed by atoms with van der Waals surface area (Å²) in [5.41, 5.74) is 3.25. The maximum absolute atomic E-state index is 13.5. The van der Waals surface area contributed by atoms with E-state index < -0.39 is 12.4 Å². The van der Waals surface area contributed by atoms with Crippen molar-refractivity contribution < 1.29 is 8.91 Å². The first-order valence-corrected chi connectivity index (χ1v) is 12.1. The molecule has 35 heavy (non-hydrogen) atoms. The molecule has 0 saturated heterocycles. The van der Waals surface area contributed by atoms with Crippen molar-refractivity contribution in [2.75, 3.05) is 5.32 Å². The molecule has 1 amide bonds. The largest absolute Gasteiger partial charge is 0.322 e. The van der Waals surface area contributed by atoms with Crippen LogP contribution in [0.3, 0.4) is 0 Å². The molecule has 3 heterocycles. The van der Waals surface area contributed by atoms with Crippen molar-refractivity contribution in [2.24, 2.45) is 12.9 Å². The van der Waals surface area contributed by atoms with Crippen molar-refractivity contribution >= 4 is 17.2 Å². The maximum atomic E-state index is 13.5. The van der Waals surface area contributed by atoms with Gasteiger partial charge >= 0.3 is 0 Å². The van der Waals surface area contributed by atoms with Crippen molar-refractivity contribution in [1.82, 2.24) is 29.5 Å². The summed E-state index contributed by atoms with van der Waals surface area (Å²) in [4.78, 5) is 17.9. The third kappa shape index (κ3) is 3.91. The number of fused-ring (bicyclic) bond motifs is 1. The monoisotopic (exact) mass is 472 g/mol. The van der Waals surface area contributed by atoms with Gasteiger partial charge in [0.2, 0.25) is 0 Å². The van der Waals surface area contributed by atoms with E-state index in [0.717, 1.165) is 36.8 Å². The fraction of sp³-hybridized carbons (Fsp3) is 0.407. The summed E-state index contributed by atoms with van der Waals surface area (Å²) in [5.74, 6) is 0.597. The van der Waals surface area contributed by atoms with Crippen molar-refractivity contribution in [3.63, 3.8) is 0 Å². The second-order valence-electron chi connectivity index (χ2n) is 10.5. The smallest absolute Gasteiger partial charge is 0.259 e. The van der Waals surface area contributed by atoms with E-state index in [0.29, 0.717) is 35.2 Å². The second kappa shape index (κ2) is 8.02. The molecule has 0 aliphatic heterocycles. The predicted molar refractivity (Wildman–Crippen MR) is 134 cm³/mol. The van der Waals surface area contributed by atoms with Crippen LogP contribution in [0.25, 0.3) is 5.65 Å². The number of rotatable bonds is 7. The van der Waals surface area contributed by atoms with E-state index >= 15 is 0 Å². The Labute approximate surface area is 209 Å². The number of amides is 1. The molecule has 3 aromatic heterocycles. The van der Waals surface area contributed by atoms with Gasteiger partial charge in [0.15, 0.2) is 0 Å². The highest BCUT2D eigenvalue weighted by Crippen LogP contribution is 2.51. The Bertz CT molecular complexity index is 1510. The maximum Gasteiger partial charge on any atom is 0.259 e. The molecular formula is C27H31N7O. The molecule has 4 aromatic rings. The van der Waals surface area contributed by atoms with Gasteiger partial charge in [0.05, 0.1) is 11.0 Å². The topological polar surface area (TPSA) is 89.1 Å². The molecular weight excluding hydrogens is 438 g/mol. The van der Waals surface area contributed by atoms with Crippen LogP contribution in [0.2, 0.25) is 0 Å². The van der Waals surface area contributed by atoms with E-state index in [4.69, 9.17) is 4.11 Å². The minimum atomic E-state index is -2.37. The van der Waals surface area contributed by atoms with Crippen LogP contribution >= 0.6 is 0 Å². The Hall–Kier alpha value is -3.52. The number of carbonyl (C=O) groups is 1. The number of hydrogen-bond acceptors (Lipinski definition) is 5. The Morgan fingerprint density at radius 1 is 1.29 bits per heavy atom. The number of nitrogens with one attached hydrogen (secondary N) is 2. The van der Waals surface area contributed by atoms with E-state index in [-0.39, 0.29) is 11.4 Å². The average molecular weight is 473 g/mol. The third-order valence-electron chi connectivity index (χ3n) is 7.55. The highest BCUT2D eigenvalue weighted by Gasteiger charge is 2.48. The molecule has 2 aliphatic carbocycles. The molecule has 2 saturated carbocycles. The SMILES string of the molecule is [2H]C([2H])([2H])n1cnnc1C1(c2cccc(NC(=O)c3cc(CNC4(C)CC4)cn4ccnc34)c2)CC(C)C1. The normalized spacial score (nSPS) is 24.3. The van der Waals surface area contributed by atoms with Crippen molar-refractivity contribution in [1.29, 1.82) is 0 Å². The zero-order valence-corrected chi connectivity index (χ0v) is 20.0. The van der Waals surface area contributed by atoms with Gasteiger partial charge in [0.25, 0.3) is 5.91 Å². The summed E-state index contributed by atoms with van der Waals surface area (Å²) in [6.07, 6.45) is 10.6. The standard InChI is InChI=1S/C27H31N7O/c1-18-13-27(14-18,25-32-30-17-33(25)3)20-5-4-6-21(12-20)31-24(35)22-11-19(15-29-26(2)7-8-26)16-34-10-9-28-23(22)34/h4-6,9-12,16-18,29H,7-8,13-15H2,1-3H3,(H,31,35)/i3D3. The Morgan fingerprint density at radius 2 is 2.14 bits per heavy atom. The molecule has 1 aromatic carbocycles. The molecule has 0 bridgehead atoms. The highest BCUT2D eigenvalue weighted by molar-refractivity contribution is 6.08.